The van der Waals surface area contributed by atoms with Gasteiger partial charge in [-0.25, -0.2) is 9.59 Å². The zero-order valence-electron chi connectivity index (χ0n) is 11.5. The highest BCUT2D eigenvalue weighted by Gasteiger charge is 2.53. The second kappa shape index (κ2) is 4.22. The van der Waals surface area contributed by atoms with Crippen LogP contribution in [-0.4, -0.2) is 12.2 Å². The van der Waals surface area contributed by atoms with E-state index in [1.54, 1.807) is 12.2 Å². The maximum Gasteiger partial charge on any atom is 0.236 e. The van der Waals surface area contributed by atoms with E-state index in [0.29, 0.717) is 0 Å². The topological polar surface area (TPSA) is 58.9 Å². The van der Waals surface area contributed by atoms with Gasteiger partial charge in [-0.2, -0.15) is 9.98 Å². The van der Waals surface area contributed by atoms with Crippen molar-refractivity contribution in [2.24, 2.45) is 9.98 Å². The third-order valence-corrected chi connectivity index (χ3v) is 4.51. The minimum absolute atomic E-state index is 0.846. The standard InChI is InChI=1S/C18H10N2O2/c21-11-19-17-9-10-18(20-12-22,14-6-2-1-5-13(14)17)16-8-4-3-7-15(16)17/h1-10H. The average Bonchev–Trinajstić information content (AvgIpc) is 2.58. The van der Waals surface area contributed by atoms with E-state index in [-0.39, 0.29) is 0 Å². The van der Waals surface area contributed by atoms with Crippen molar-refractivity contribution in [2.75, 3.05) is 0 Å². The quantitative estimate of drug-likeness (QED) is 0.484. The van der Waals surface area contributed by atoms with E-state index in [1.807, 2.05) is 60.7 Å². The fourth-order valence-corrected chi connectivity index (χ4v) is 3.65. The Morgan fingerprint density at radius 2 is 0.955 bits per heavy atom. The van der Waals surface area contributed by atoms with E-state index < -0.39 is 11.1 Å². The summed E-state index contributed by atoms with van der Waals surface area (Å²) >= 11 is 0. The molecular formula is C18H10N2O2. The van der Waals surface area contributed by atoms with Crippen molar-refractivity contribution in [1.29, 1.82) is 0 Å². The molecule has 22 heavy (non-hydrogen) atoms. The van der Waals surface area contributed by atoms with Gasteiger partial charge in [0.1, 0.15) is 11.1 Å². The van der Waals surface area contributed by atoms with Gasteiger partial charge in [0.05, 0.1) is 0 Å². The van der Waals surface area contributed by atoms with Crippen LogP contribution in [0.2, 0.25) is 0 Å². The lowest BCUT2D eigenvalue weighted by Crippen LogP contribution is -2.43. The molecule has 0 unspecified atom stereocenters. The number of hydrogen-bond acceptors (Lipinski definition) is 4. The van der Waals surface area contributed by atoms with Gasteiger partial charge in [-0.1, -0.05) is 48.5 Å². The van der Waals surface area contributed by atoms with Crippen LogP contribution < -0.4 is 0 Å². The summed E-state index contributed by atoms with van der Waals surface area (Å²) in [6.07, 6.45) is 7.04. The monoisotopic (exact) mass is 286 g/mol. The van der Waals surface area contributed by atoms with Gasteiger partial charge in [0, 0.05) is 0 Å². The lowest BCUT2D eigenvalue weighted by molar-refractivity contribution is 0.501. The van der Waals surface area contributed by atoms with Crippen LogP contribution in [0.3, 0.4) is 0 Å². The summed E-state index contributed by atoms with van der Waals surface area (Å²) in [5, 5.41) is 0. The van der Waals surface area contributed by atoms with E-state index in [2.05, 4.69) is 9.98 Å². The number of nitrogens with zero attached hydrogens (tertiary/aromatic N) is 2. The molecule has 0 atom stereocenters. The third kappa shape index (κ3) is 1.28. The highest BCUT2D eigenvalue weighted by Crippen LogP contribution is 2.56. The first-order valence-corrected chi connectivity index (χ1v) is 6.87. The van der Waals surface area contributed by atoms with E-state index in [1.165, 1.54) is 0 Å². The van der Waals surface area contributed by atoms with Gasteiger partial charge in [-0.3, -0.25) is 0 Å². The Morgan fingerprint density at radius 3 is 1.23 bits per heavy atom. The molecule has 5 rings (SSSR count). The Labute approximate surface area is 126 Å². The van der Waals surface area contributed by atoms with Crippen molar-refractivity contribution in [1.82, 2.24) is 0 Å². The van der Waals surface area contributed by atoms with Crippen LogP contribution in [-0.2, 0) is 20.7 Å². The van der Waals surface area contributed by atoms with Gasteiger partial charge in [0.2, 0.25) is 12.2 Å². The number of rotatable bonds is 2. The minimum atomic E-state index is -0.894. The second-order valence-corrected chi connectivity index (χ2v) is 5.36. The van der Waals surface area contributed by atoms with Crippen molar-refractivity contribution >= 4 is 12.2 Å². The molecule has 0 amide bonds. The Hall–Kier alpha value is -3.06. The Morgan fingerprint density at radius 1 is 0.636 bits per heavy atom. The molecule has 0 saturated heterocycles. The lowest BCUT2D eigenvalue weighted by Gasteiger charge is -2.46. The van der Waals surface area contributed by atoms with Crippen molar-refractivity contribution < 1.29 is 9.59 Å². The molecule has 0 heterocycles. The number of carbonyl (C=O) groups excluding carboxylic acids is 2. The normalized spacial score (nSPS) is 26.4. The van der Waals surface area contributed by atoms with Gasteiger partial charge < -0.3 is 0 Å². The van der Waals surface area contributed by atoms with Crippen LogP contribution in [0.15, 0.2) is 70.7 Å². The number of aliphatic imine (C=N–C) groups is 2. The van der Waals surface area contributed by atoms with Crippen LogP contribution in [0.25, 0.3) is 0 Å². The molecule has 0 aromatic heterocycles. The summed E-state index contributed by atoms with van der Waals surface area (Å²) in [6, 6.07) is 15.2. The van der Waals surface area contributed by atoms with Crippen LogP contribution >= 0.6 is 0 Å². The fraction of sp³-hybridized carbons (Fsp3) is 0.111. The summed E-state index contributed by atoms with van der Waals surface area (Å²) < 4.78 is 0. The first kappa shape index (κ1) is 12.7. The van der Waals surface area contributed by atoms with E-state index in [4.69, 9.17) is 0 Å². The van der Waals surface area contributed by atoms with Crippen molar-refractivity contribution in [3.63, 3.8) is 0 Å². The number of hydrogen-bond donors (Lipinski definition) is 0. The van der Waals surface area contributed by atoms with Gasteiger partial charge in [-0.05, 0) is 34.4 Å². The van der Waals surface area contributed by atoms with E-state index in [0.717, 1.165) is 22.3 Å². The van der Waals surface area contributed by atoms with Gasteiger partial charge >= 0.3 is 0 Å². The molecule has 2 aromatic carbocycles. The highest BCUT2D eigenvalue weighted by molar-refractivity contribution is 5.69. The fourth-order valence-electron chi connectivity index (χ4n) is 3.65. The lowest BCUT2D eigenvalue weighted by atomic mass is 9.60. The van der Waals surface area contributed by atoms with Crippen LogP contribution in [0.5, 0.6) is 0 Å². The molecule has 4 nitrogen and oxygen atoms in total. The maximum absolute atomic E-state index is 11.1. The molecule has 3 aliphatic rings. The summed E-state index contributed by atoms with van der Waals surface area (Å²) in [6.45, 7) is 0. The summed E-state index contributed by atoms with van der Waals surface area (Å²) in [5.74, 6) is 0. The predicted molar refractivity (Wildman–Crippen MR) is 79.8 cm³/mol. The first-order valence-electron chi connectivity index (χ1n) is 6.87. The van der Waals surface area contributed by atoms with Crippen molar-refractivity contribution in [2.45, 2.75) is 11.1 Å². The van der Waals surface area contributed by atoms with Crippen LogP contribution in [0, 0.1) is 0 Å². The number of isocyanates is 2. The Bertz CT molecular complexity index is 795. The third-order valence-electron chi connectivity index (χ3n) is 4.51. The SMILES string of the molecule is O=C=NC12C=CC(N=C=O)(c3ccccc31)c1ccccc12. The zero-order chi connectivity index (χ0) is 15.2. The Balaban J connectivity index is 2.23. The van der Waals surface area contributed by atoms with Gasteiger partial charge in [-0.15, -0.1) is 0 Å². The average molecular weight is 286 g/mol. The molecular weight excluding hydrogens is 276 g/mol. The zero-order valence-corrected chi connectivity index (χ0v) is 11.5. The predicted octanol–water partition coefficient (Wildman–Crippen LogP) is 2.73. The Kier molecular flexibility index (Phi) is 2.43. The van der Waals surface area contributed by atoms with Crippen molar-refractivity contribution in [3.8, 4) is 0 Å². The minimum Gasteiger partial charge on any atom is -0.211 e. The molecule has 104 valence electrons. The molecule has 0 N–H and O–H groups in total. The van der Waals surface area contributed by atoms with Crippen molar-refractivity contribution in [3.05, 3.63) is 82.9 Å². The molecule has 3 aliphatic carbocycles. The van der Waals surface area contributed by atoms with E-state index >= 15 is 0 Å². The van der Waals surface area contributed by atoms with Gasteiger partial charge in [0.25, 0.3) is 0 Å². The second-order valence-electron chi connectivity index (χ2n) is 5.36. The molecule has 0 saturated carbocycles. The van der Waals surface area contributed by atoms with Crippen LogP contribution in [0.1, 0.15) is 22.3 Å². The van der Waals surface area contributed by atoms with Crippen LogP contribution in [0.4, 0.5) is 0 Å². The molecule has 4 heteroatoms. The maximum atomic E-state index is 11.1. The molecule has 0 aliphatic heterocycles. The number of benzene rings is 2. The van der Waals surface area contributed by atoms with Gasteiger partial charge in [0.15, 0.2) is 0 Å². The molecule has 2 bridgehead atoms. The molecule has 0 radical (unpaired) electrons. The van der Waals surface area contributed by atoms with E-state index in [9.17, 15) is 9.59 Å². The highest BCUT2D eigenvalue weighted by atomic mass is 16.1. The first-order chi connectivity index (χ1) is 10.8. The molecule has 2 aromatic rings. The summed E-state index contributed by atoms with van der Waals surface area (Å²) in [5.41, 5.74) is 1.60. The summed E-state index contributed by atoms with van der Waals surface area (Å²) in [7, 11) is 0. The smallest absolute Gasteiger partial charge is 0.211 e. The largest absolute Gasteiger partial charge is 0.236 e. The summed E-state index contributed by atoms with van der Waals surface area (Å²) in [4.78, 5) is 30.4. The molecule has 0 fully saturated rings. The molecule has 0 spiro atoms.